The number of rotatable bonds is 9. The van der Waals surface area contributed by atoms with Gasteiger partial charge in [0.1, 0.15) is 0 Å². The van der Waals surface area contributed by atoms with E-state index in [1.54, 1.807) is 0 Å². The topological polar surface area (TPSA) is 26.0 Å². The molecule has 0 radical (unpaired) electrons. The predicted molar refractivity (Wildman–Crippen MR) is 69.9 cm³/mol. The summed E-state index contributed by atoms with van der Waals surface area (Å²) in [6, 6.07) is 0. The quantitative estimate of drug-likeness (QED) is 0.610. The van der Waals surface area contributed by atoms with Crippen molar-refractivity contribution in [1.29, 1.82) is 0 Å². The van der Waals surface area contributed by atoms with Gasteiger partial charge in [-0.15, -0.1) is 0 Å². The molecular weight excluding hydrogens is 182 g/mol. The molecule has 0 fully saturated rings. The van der Waals surface area contributed by atoms with E-state index in [9.17, 15) is 0 Å². The fraction of sp³-hybridized carbons (Fsp3) is 1.00. The van der Waals surface area contributed by atoms with Gasteiger partial charge in [0.05, 0.1) is 0 Å². The van der Waals surface area contributed by atoms with E-state index < -0.39 is 0 Å². The molecule has 92 valence electrons. The summed E-state index contributed by atoms with van der Waals surface area (Å²) in [6.45, 7) is 10.1. The first-order valence-electron chi connectivity index (χ1n) is 6.83. The molecule has 15 heavy (non-hydrogen) atoms. The Hall–Kier alpha value is -0.0400. The summed E-state index contributed by atoms with van der Waals surface area (Å²) >= 11 is 0. The van der Waals surface area contributed by atoms with Gasteiger partial charge < -0.3 is 5.73 Å². The second-order valence-corrected chi connectivity index (χ2v) is 5.38. The molecule has 0 bridgehead atoms. The molecule has 0 saturated carbocycles. The van der Waals surface area contributed by atoms with Gasteiger partial charge in [-0.3, -0.25) is 0 Å². The van der Waals surface area contributed by atoms with Gasteiger partial charge >= 0.3 is 0 Å². The van der Waals surface area contributed by atoms with Gasteiger partial charge in [0, 0.05) is 0 Å². The maximum Gasteiger partial charge on any atom is -0.00487 e. The normalized spacial score (nSPS) is 15.6. The van der Waals surface area contributed by atoms with Crippen molar-refractivity contribution in [3.63, 3.8) is 0 Å². The van der Waals surface area contributed by atoms with Gasteiger partial charge in [-0.05, 0) is 37.1 Å². The maximum atomic E-state index is 5.85. The van der Waals surface area contributed by atoms with Gasteiger partial charge in [-0.2, -0.15) is 0 Å². The highest BCUT2D eigenvalue weighted by atomic mass is 14.5. The number of hydrogen-bond acceptors (Lipinski definition) is 1. The van der Waals surface area contributed by atoms with E-state index in [1.807, 2.05) is 0 Å². The minimum absolute atomic E-state index is 0.756. The lowest BCUT2D eigenvalue weighted by Crippen LogP contribution is -2.19. The van der Waals surface area contributed by atoms with Gasteiger partial charge in [0.15, 0.2) is 0 Å². The SMILES string of the molecule is CCCCC(CC)CC(CN)CC(C)C. The molecule has 0 aliphatic carbocycles. The molecule has 0 aromatic rings. The summed E-state index contributed by atoms with van der Waals surface area (Å²) in [5, 5.41) is 0. The van der Waals surface area contributed by atoms with Crippen LogP contribution in [0.3, 0.4) is 0 Å². The van der Waals surface area contributed by atoms with Crippen molar-refractivity contribution >= 4 is 0 Å². The second-order valence-electron chi connectivity index (χ2n) is 5.38. The van der Waals surface area contributed by atoms with Crippen molar-refractivity contribution in [3.05, 3.63) is 0 Å². The summed E-state index contributed by atoms with van der Waals surface area (Å²) in [5.74, 6) is 2.46. The zero-order chi connectivity index (χ0) is 11.7. The molecule has 0 aromatic heterocycles. The molecule has 2 atom stereocenters. The van der Waals surface area contributed by atoms with Crippen molar-refractivity contribution in [2.75, 3.05) is 6.54 Å². The van der Waals surface area contributed by atoms with Gasteiger partial charge in [0.25, 0.3) is 0 Å². The third-order valence-corrected chi connectivity index (χ3v) is 3.35. The summed E-state index contributed by atoms with van der Waals surface area (Å²) < 4.78 is 0. The summed E-state index contributed by atoms with van der Waals surface area (Å²) in [5.41, 5.74) is 5.85. The van der Waals surface area contributed by atoms with Crippen molar-refractivity contribution < 1.29 is 0 Å². The molecule has 0 heterocycles. The Morgan fingerprint density at radius 1 is 1.00 bits per heavy atom. The number of nitrogens with two attached hydrogens (primary N) is 1. The Bertz CT molecular complexity index is 131. The molecule has 1 heteroatoms. The van der Waals surface area contributed by atoms with E-state index in [4.69, 9.17) is 5.73 Å². The summed E-state index contributed by atoms with van der Waals surface area (Å²) in [6.07, 6.45) is 8.10. The molecule has 0 saturated heterocycles. The van der Waals surface area contributed by atoms with Crippen LogP contribution in [0.25, 0.3) is 0 Å². The minimum atomic E-state index is 0.756. The number of unbranched alkanes of at least 4 members (excludes halogenated alkanes) is 1. The average molecular weight is 213 g/mol. The van der Waals surface area contributed by atoms with E-state index in [0.29, 0.717) is 0 Å². The third-order valence-electron chi connectivity index (χ3n) is 3.35. The van der Waals surface area contributed by atoms with Crippen LogP contribution in [-0.2, 0) is 0 Å². The molecule has 2 N–H and O–H groups in total. The predicted octanol–water partition coefficient (Wildman–Crippen LogP) is 4.21. The Kier molecular flexibility index (Phi) is 9.18. The maximum absolute atomic E-state index is 5.85. The molecule has 0 rings (SSSR count). The monoisotopic (exact) mass is 213 g/mol. The van der Waals surface area contributed by atoms with Crippen LogP contribution < -0.4 is 5.73 Å². The largest absolute Gasteiger partial charge is 0.330 e. The Morgan fingerprint density at radius 3 is 2.07 bits per heavy atom. The average Bonchev–Trinajstić information content (AvgIpc) is 2.21. The molecular formula is C14H31N. The van der Waals surface area contributed by atoms with E-state index in [-0.39, 0.29) is 0 Å². The van der Waals surface area contributed by atoms with E-state index in [1.165, 1.54) is 38.5 Å². The highest BCUT2D eigenvalue weighted by molar-refractivity contribution is 4.68. The first kappa shape index (κ1) is 15.0. The van der Waals surface area contributed by atoms with E-state index in [0.717, 1.165) is 24.3 Å². The van der Waals surface area contributed by atoms with Crippen LogP contribution in [0.2, 0.25) is 0 Å². The third kappa shape index (κ3) is 7.84. The van der Waals surface area contributed by atoms with Crippen molar-refractivity contribution in [2.24, 2.45) is 23.5 Å². The van der Waals surface area contributed by atoms with E-state index in [2.05, 4.69) is 27.7 Å². The van der Waals surface area contributed by atoms with Crippen LogP contribution >= 0.6 is 0 Å². The summed E-state index contributed by atoms with van der Waals surface area (Å²) in [7, 11) is 0. The van der Waals surface area contributed by atoms with Crippen molar-refractivity contribution in [2.45, 2.75) is 66.2 Å². The molecule has 0 aliphatic rings. The lowest BCUT2D eigenvalue weighted by molar-refractivity contribution is 0.304. The van der Waals surface area contributed by atoms with Crippen LogP contribution in [0, 0.1) is 17.8 Å². The molecule has 2 unspecified atom stereocenters. The Morgan fingerprint density at radius 2 is 1.67 bits per heavy atom. The second kappa shape index (κ2) is 9.21. The molecule has 0 spiro atoms. The Balaban J connectivity index is 3.88. The van der Waals surface area contributed by atoms with Gasteiger partial charge in [-0.1, -0.05) is 53.4 Å². The molecule has 0 aliphatic heterocycles. The first-order chi connectivity index (χ1) is 7.13. The van der Waals surface area contributed by atoms with Crippen molar-refractivity contribution in [1.82, 2.24) is 0 Å². The Labute approximate surface area is 96.8 Å². The molecule has 1 nitrogen and oxygen atoms in total. The van der Waals surface area contributed by atoms with Crippen LogP contribution in [-0.4, -0.2) is 6.54 Å². The van der Waals surface area contributed by atoms with Crippen LogP contribution in [0.1, 0.15) is 66.2 Å². The van der Waals surface area contributed by atoms with Gasteiger partial charge in [-0.25, -0.2) is 0 Å². The van der Waals surface area contributed by atoms with E-state index >= 15 is 0 Å². The van der Waals surface area contributed by atoms with Crippen molar-refractivity contribution in [3.8, 4) is 0 Å². The highest BCUT2D eigenvalue weighted by Crippen LogP contribution is 2.25. The summed E-state index contributed by atoms with van der Waals surface area (Å²) in [4.78, 5) is 0. The fourth-order valence-corrected chi connectivity index (χ4v) is 2.41. The zero-order valence-electron chi connectivity index (χ0n) is 11.3. The van der Waals surface area contributed by atoms with Crippen LogP contribution in [0.5, 0.6) is 0 Å². The van der Waals surface area contributed by atoms with Crippen LogP contribution in [0.15, 0.2) is 0 Å². The first-order valence-corrected chi connectivity index (χ1v) is 6.83. The molecule has 0 amide bonds. The smallest absolute Gasteiger partial charge is 0.00487 e. The zero-order valence-corrected chi connectivity index (χ0v) is 11.3. The van der Waals surface area contributed by atoms with Crippen LogP contribution in [0.4, 0.5) is 0 Å². The minimum Gasteiger partial charge on any atom is -0.330 e. The standard InChI is InChI=1S/C14H31N/c1-5-7-8-13(6-2)10-14(11-15)9-12(3)4/h12-14H,5-11,15H2,1-4H3. The number of hydrogen-bond donors (Lipinski definition) is 1. The fourth-order valence-electron chi connectivity index (χ4n) is 2.41. The highest BCUT2D eigenvalue weighted by Gasteiger charge is 2.14. The lowest BCUT2D eigenvalue weighted by atomic mass is 9.84. The molecule has 0 aromatic carbocycles. The van der Waals surface area contributed by atoms with Gasteiger partial charge in [0.2, 0.25) is 0 Å². The lowest BCUT2D eigenvalue weighted by Gasteiger charge is -2.23.